The fraction of sp³-hybridized carbons (Fsp3) is 0.500. The molecule has 0 radical (unpaired) electrons. The molecule has 0 aliphatic carbocycles. The highest BCUT2D eigenvalue weighted by atomic mass is 35.5. The van der Waals surface area contributed by atoms with Crippen LogP contribution in [-0.4, -0.2) is 48.4 Å². The Hall–Kier alpha value is -1.30. The van der Waals surface area contributed by atoms with Crippen LogP contribution in [0.3, 0.4) is 0 Å². The monoisotopic (exact) mass is 300 g/mol. The lowest BCUT2D eigenvalue weighted by Gasteiger charge is -2.32. The molecule has 1 heterocycles. The van der Waals surface area contributed by atoms with Crippen LogP contribution in [0.5, 0.6) is 0 Å². The summed E-state index contributed by atoms with van der Waals surface area (Å²) in [5.41, 5.74) is 0.984. The molecule has 112 valence electrons. The number of carbonyl (C=O) groups excluding carboxylic acids is 1. The Morgan fingerprint density at radius 2 is 2.15 bits per heavy atom. The molecule has 2 N–H and O–H groups in total. The van der Waals surface area contributed by atoms with Crippen molar-refractivity contribution in [2.75, 3.05) is 26.2 Å². The summed E-state index contributed by atoms with van der Waals surface area (Å²) in [6.45, 7) is 2.41. The number of rotatable bonds is 4. The maximum Gasteiger partial charge on any atom is 0.410 e. The van der Waals surface area contributed by atoms with Gasteiger partial charge in [0.2, 0.25) is 0 Å². The number of nitrogens with zero attached hydrogens (tertiary/aromatic N) is 1. The zero-order valence-corrected chi connectivity index (χ0v) is 12.1. The molecular weight excluding hydrogens is 280 g/mol. The van der Waals surface area contributed by atoms with Crippen molar-refractivity contribution in [3.63, 3.8) is 0 Å². The Bertz CT molecular complexity index is 401. The molecule has 1 unspecified atom stereocenters. The highest BCUT2D eigenvalue weighted by molar-refractivity contribution is 5.85. The molecule has 1 fully saturated rings. The molecule has 0 saturated carbocycles. The highest BCUT2D eigenvalue weighted by Crippen LogP contribution is 2.07. The zero-order chi connectivity index (χ0) is 13.5. The van der Waals surface area contributed by atoms with Gasteiger partial charge in [0.25, 0.3) is 0 Å². The van der Waals surface area contributed by atoms with Crippen LogP contribution in [-0.2, 0) is 11.3 Å². The van der Waals surface area contributed by atoms with Gasteiger partial charge in [0.1, 0.15) is 6.61 Å². The second-order valence-electron chi connectivity index (χ2n) is 4.65. The Morgan fingerprint density at radius 1 is 1.40 bits per heavy atom. The number of hydrogen-bond acceptors (Lipinski definition) is 4. The van der Waals surface area contributed by atoms with E-state index in [4.69, 9.17) is 9.84 Å². The number of aliphatic hydroxyl groups is 1. The van der Waals surface area contributed by atoms with Gasteiger partial charge in [-0.15, -0.1) is 12.4 Å². The maximum atomic E-state index is 11.9. The van der Waals surface area contributed by atoms with Crippen molar-refractivity contribution < 1.29 is 14.6 Å². The second-order valence-corrected chi connectivity index (χ2v) is 4.65. The Balaban J connectivity index is 0.00000200. The Labute approximate surface area is 125 Å². The van der Waals surface area contributed by atoms with Gasteiger partial charge in [-0.05, 0) is 12.0 Å². The summed E-state index contributed by atoms with van der Waals surface area (Å²) < 4.78 is 5.29. The van der Waals surface area contributed by atoms with Crippen molar-refractivity contribution in [2.24, 2.45) is 0 Å². The first kappa shape index (κ1) is 16.8. The number of hydrogen-bond donors (Lipinski definition) is 2. The minimum absolute atomic E-state index is 0. The molecule has 1 saturated heterocycles. The molecule has 0 spiro atoms. The first-order chi connectivity index (χ1) is 9.29. The van der Waals surface area contributed by atoms with Gasteiger partial charge in [0.05, 0.1) is 0 Å². The van der Waals surface area contributed by atoms with Crippen molar-refractivity contribution in [1.29, 1.82) is 0 Å². The van der Waals surface area contributed by atoms with E-state index in [0.717, 1.165) is 12.1 Å². The number of benzene rings is 1. The predicted octanol–water partition coefficient (Wildman–Crippen LogP) is 1.40. The Kier molecular flexibility index (Phi) is 7.36. The predicted molar refractivity (Wildman–Crippen MR) is 78.9 cm³/mol. The normalized spacial score (nSPS) is 18.2. The van der Waals surface area contributed by atoms with Gasteiger partial charge < -0.3 is 20.1 Å². The quantitative estimate of drug-likeness (QED) is 0.882. The van der Waals surface area contributed by atoms with Gasteiger partial charge in [0, 0.05) is 32.3 Å². The van der Waals surface area contributed by atoms with Crippen molar-refractivity contribution in [1.82, 2.24) is 10.2 Å². The third-order valence-electron chi connectivity index (χ3n) is 3.20. The molecule has 1 atom stereocenters. The summed E-state index contributed by atoms with van der Waals surface area (Å²) in [5, 5.41) is 12.2. The topological polar surface area (TPSA) is 61.8 Å². The van der Waals surface area contributed by atoms with Crippen LogP contribution >= 0.6 is 12.4 Å². The summed E-state index contributed by atoms with van der Waals surface area (Å²) >= 11 is 0. The van der Waals surface area contributed by atoms with E-state index in [9.17, 15) is 4.79 Å². The number of nitrogens with one attached hydrogen (secondary N) is 1. The largest absolute Gasteiger partial charge is 0.445 e. The fourth-order valence-corrected chi connectivity index (χ4v) is 2.15. The molecule has 1 aliphatic rings. The van der Waals surface area contributed by atoms with E-state index in [1.807, 2.05) is 30.3 Å². The summed E-state index contributed by atoms with van der Waals surface area (Å²) in [5.74, 6) is 0. The average molecular weight is 301 g/mol. The fourth-order valence-electron chi connectivity index (χ4n) is 2.15. The van der Waals surface area contributed by atoms with Crippen molar-refractivity contribution in [2.45, 2.75) is 19.1 Å². The summed E-state index contributed by atoms with van der Waals surface area (Å²) in [7, 11) is 0. The number of amides is 1. The molecule has 20 heavy (non-hydrogen) atoms. The highest BCUT2D eigenvalue weighted by Gasteiger charge is 2.23. The van der Waals surface area contributed by atoms with E-state index in [-0.39, 0.29) is 31.1 Å². The van der Waals surface area contributed by atoms with Crippen LogP contribution in [0.1, 0.15) is 12.0 Å². The van der Waals surface area contributed by atoms with Crippen LogP contribution in [0.2, 0.25) is 0 Å². The minimum Gasteiger partial charge on any atom is -0.445 e. The lowest BCUT2D eigenvalue weighted by molar-refractivity contribution is 0.0822. The molecule has 1 aliphatic heterocycles. The number of halogens is 1. The van der Waals surface area contributed by atoms with E-state index < -0.39 is 0 Å². The van der Waals surface area contributed by atoms with Crippen LogP contribution in [0, 0.1) is 0 Å². The zero-order valence-electron chi connectivity index (χ0n) is 11.3. The molecule has 2 rings (SSSR count). The van der Waals surface area contributed by atoms with Crippen molar-refractivity contribution in [3.8, 4) is 0 Å². The van der Waals surface area contributed by atoms with Gasteiger partial charge in [0.15, 0.2) is 0 Å². The third kappa shape index (κ3) is 5.00. The van der Waals surface area contributed by atoms with E-state index >= 15 is 0 Å². The molecule has 1 aromatic carbocycles. The van der Waals surface area contributed by atoms with E-state index in [0.29, 0.717) is 26.1 Å². The summed E-state index contributed by atoms with van der Waals surface area (Å²) in [6, 6.07) is 9.79. The summed E-state index contributed by atoms with van der Waals surface area (Å²) in [6.07, 6.45) is 0.371. The maximum absolute atomic E-state index is 11.9. The average Bonchev–Trinajstić information content (AvgIpc) is 2.46. The smallest absolute Gasteiger partial charge is 0.410 e. The van der Waals surface area contributed by atoms with Crippen LogP contribution in [0.4, 0.5) is 4.79 Å². The lowest BCUT2D eigenvalue weighted by atomic mass is 10.1. The first-order valence-electron chi connectivity index (χ1n) is 6.59. The van der Waals surface area contributed by atoms with Gasteiger partial charge >= 0.3 is 6.09 Å². The van der Waals surface area contributed by atoms with Crippen molar-refractivity contribution >= 4 is 18.5 Å². The van der Waals surface area contributed by atoms with Gasteiger partial charge in [-0.2, -0.15) is 0 Å². The number of ether oxygens (including phenoxy) is 1. The molecule has 0 aromatic heterocycles. The molecule has 0 bridgehead atoms. The SMILES string of the molecule is Cl.O=C(OCc1ccccc1)N1CCNC(CCO)C1. The van der Waals surface area contributed by atoms with Crippen molar-refractivity contribution in [3.05, 3.63) is 35.9 Å². The second kappa shape index (κ2) is 8.79. The van der Waals surface area contributed by atoms with Gasteiger partial charge in [-0.3, -0.25) is 0 Å². The van der Waals surface area contributed by atoms with E-state index in [2.05, 4.69) is 5.32 Å². The van der Waals surface area contributed by atoms with E-state index in [1.165, 1.54) is 0 Å². The molecule has 5 nitrogen and oxygen atoms in total. The Morgan fingerprint density at radius 3 is 2.85 bits per heavy atom. The lowest BCUT2D eigenvalue weighted by Crippen LogP contribution is -2.52. The summed E-state index contributed by atoms with van der Waals surface area (Å²) in [4.78, 5) is 13.6. The number of carbonyl (C=O) groups is 1. The molecule has 1 amide bonds. The van der Waals surface area contributed by atoms with Crippen LogP contribution < -0.4 is 5.32 Å². The standard InChI is InChI=1S/C14H20N2O3.ClH/c17-9-6-13-10-16(8-7-15-13)14(18)19-11-12-4-2-1-3-5-12;/h1-5,13,15,17H,6-11H2;1H. The molecule has 6 heteroatoms. The molecule has 1 aromatic rings. The first-order valence-corrected chi connectivity index (χ1v) is 6.59. The van der Waals surface area contributed by atoms with E-state index in [1.54, 1.807) is 4.90 Å². The number of aliphatic hydroxyl groups excluding tert-OH is 1. The van der Waals surface area contributed by atoms with Crippen LogP contribution in [0.25, 0.3) is 0 Å². The number of piperazine rings is 1. The van der Waals surface area contributed by atoms with Gasteiger partial charge in [-0.1, -0.05) is 30.3 Å². The van der Waals surface area contributed by atoms with Crippen LogP contribution in [0.15, 0.2) is 30.3 Å². The minimum atomic E-state index is -0.284. The van der Waals surface area contributed by atoms with Gasteiger partial charge in [-0.25, -0.2) is 4.79 Å². The third-order valence-corrected chi connectivity index (χ3v) is 3.20. The molecular formula is C14H21ClN2O3.